The molecule has 1 heterocycles. The topological polar surface area (TPSA) is 109 Å². The molecule has 2 rings (SSSR count). The molecular formula is C19H23N3O5. The molecule has 1 aromatic rings. The fraction of sp³-hybridized carbons (Fsp3) is 0.474. The summed E-state index contributed by atoms with van der Waals surface area (Å²) in [6.07, 6.45) is 0.512. The molecule has 1 aliphatic rings. The highest BCUT2D eigenvalue weighted by molar-refractivity contribution is 6.08. The molecule has 3 amide bonds. The molecule has 0 bridgehead atoms. The van der Waals surface area contributed by atoms with Crippen molar-refractivity contribution in [2.45, 2.75) is 45.3 Å². The zero-order chi connectivity index (χ0) is 20.2. The molecule has 1 atom stereocenters. The zero-order valence-electron chi connectivity index (χ0n) is 15.9. The minimum Gasteiger partial charge on any atom is -0.496 e. The number of benzene rings is 1. The number of amides is 3. The highest BCUT2D eigenvalue weighted by atomic mass is 16.6. The normalized spacial score (nSPS) is 16.4. The number of rotatable bonds is 3. The fourth-order valence-corrected chi connectivity index (χ4v) is 2.79. The van der Waals surface area contributed by atoms with Crippen LogP contribution >= 0.6 is 0 Å². The second kappa shape index (κ2) is 8.08. The van der Waals surface area contributed by atoms with E-state index < -0.39 is 29.6 Å². The van der Waals surface area contributed by atoms with Crippen molar-refractivity contribution in [3.63, 3.8) is 0 Å². The minimum atomic E-state index is -0.770. The molecule has 0 spiro atoms. The number of imide groups is 1. The third-order valence-corrected chi connectivity index (χ3v) is 4.00. The quantitative estimate of drug-likeness (QED) is 0.814. The van der Waals surface area contributed by atoms with Crippen molar-refractivity contribution in [1.82, 2.24) is 10.2 Å². The van der Waals surface area contributed by atoms with E-state index >= 15 is 0 Å². The van der Waals surface area contributed by atoms with Crippen LogP contribution in [-0.2, 0) is 9.53 Å². The largest absolute Gasteiger partial charge is 0.496 e. The first-order valence-electron chi connectivity index (χ1n) is 8.59. The molecule has 1 fully saturated rings. The Labute approximate surface area is 158 Å². The summed E-state index contributed by atoms with van der Waals surface area (Å²) in [6, 6.07) is 5.48. The SMILES string of the molecule is COc1cc(C#N)ccc1C(=O)NC(=O)[C@@H]1CCCN1C(=O)OC(C)(C)C. The Balaban J connectivity index is 2.11. The number of carbonyl (C=O) groups excluding carboxylic acids is 3. The van der Waals surface area contributed by atoms with Gasteiger partial charge in [0.15, 0.2) is 0 Å². The number of hydrogen-bond acceptors (Lipinski definition) is 6. The summed E-state index contributed by atoms with van der Waals surface area (Å²) in [7, 11) is 1.37. The van der Waals surface area contributed by atoms with Gasteiger partial charge in [0.25, 0.3) is 5.91 Å². The maximum atomic E-state index is 12.6. The van der Waals surface area contributed by atoms with Crippen molar-refractivity contribution in [2.24, 2.45) is 0 Å². The first-order valence-corrected chi connectivity index (χ1v) is 8.59. The van der Waals surface area contributed by atoms with Crippen molar-refractivity contribution >= 4 is 17.9 Å². The summed E-state index contributed by atoms with van der Waals surface area (Å²) >= 11 is 0. The van der Waals surface area contributed by atoms with Crippen LogP contribution in [0.2, 0.25) is 0 Å². The van der Waals surface area contributed by atoms with E-state index in [0.717, 1.165) is 0 Å². The van der Waals surface area contributed by atoms with Gasteiger partial charge in [0, 0.05) is 6.54 Å². The smallest absolute Gasteiger partial charge is 0.410 e. The summed E-state index contributed by atoms with van der Waals surface area (Å²) in [5, 5.41) is 11.2. The molecule has 1 N–H and O–H groups in total. The van der Waals surface area contributed by atoms with Gasteiger partial charge in [0.2, 0.25) is 5.91 Å². The average Bonchev–Trinajstić information content (AvgIpc) is 3.09. The molecule has 1 saturated heterocycles. The van der Waals surface area contributed by atoms with Crippen LogP contribution < -0.4 is 10.1 Å². The van der Waals surface area contributed by atoms with Gasteiger partial charge in [0.05, 0.1) is 24.3 Å². The summed E-state index contributed by atoms with van der Waals surface area (Å²) in [5.41, 5.74) is -0.208. The van der Waals surface area contributed by atoms with Crippen LogP contribution in [0, 0.1) is 11.3 Å². The fourth-order valence-electron chi connectivity index (χ4n) is 2.79. The number of nitriles is 1. The van der Waals surface area contributed by atoms with Gasteiger partial charge in [-0.3, -0.25) is 19.8 Å². The summed E-state index contributed by atoms with van der Waals surface area (Å²) in [6.45, 7) is 5.63. The molecule has 0 aromatic heterocycles. The third-order valence-electron chi connectivity index (χ3n) is 4.00. The van der Waals surface area contributed by atoms with Crippen molar-refractivity contribution in [3.05, 3.63) is 29.3 Å². The summed E-state index contributed by atoms with van der Waals surface area (Å²) in [5.74, 6) is -1.04. The van der Waals surface area contributed by atoms with Crippen molar-refractivity contribution in [3.8, 4) is 11.8 Å². The molecule has 0 radical (unpaired) electrons. The Morgan fingerprint density at radius 3 is 2.59 bits per heavy atom. The first kappa shape index (κ1) is 20.2. The van der Waals surface area contributed by atoms with Gasteiger partial charge in [-0.15, -0.1) is 0 Å². The van der Waals surface area contributed by atoms with Crippen LogP contribution in [0.1, 0.15) is 49.5 Å². The maximum absolute atomic E-state index is 12.6. The Bertz CT molecular complexity index is 792. The third kappa shape index (κ3) is 4.97. The molecule has 8 nitrogen and oxygen atoms in total. The second-order valence-electron chi connectivity index (χ2n) is 7.18. The predicted octanol–water partition coefficient (Wildman–Crippen LogP) is 2.22. The van der Waals surface area contributed by atoms with E-state index in [0.29, 0.717) is 24.9 Å². The molecule has 144 valence electrons. The molecule has 8 heteroatoms. The van der Waals surface area contributed by atoms with E-state index in [-0.39, 0.29) is 11.3 Å². The monoisotopic (exact) mass is 373 g/mol. The van der Waals surface area contributed by atoms with E-state index in [1.807, 2.05) is 6.07 Å². The van der Waals surface area contributed by atoms with Gasteiger partial charge in [-0.05, 0) is 51.8 Å². The highest BCUT2D eigenvalue weighted by Crippen LogP contribution is 2.23. The molecule has 0 saturated carbocycles. The predicted molar refractivity (Wildman–Crippen MR) is 96.1 cm³/mol. The van der Waals surface area contributed by atoms with Crippen molar-refractivity contribution in [1.29, 1.82) is 5.26 Å². The number of carbonyl (C=O) groups is 3. The Morgan fingerprint density at radius 1 is 1.30 bits per heavy atom. The Hall–Kier alpha value is -3.08. The standard InChI is InChI=1S/C19H23N3O5/c1-19(2,3)27-18(25)22-9-5-6-14(22)17(24)21-16(23)13-8-7-12(11-20)10-15(13)26-4/h7-8,10,14H,5-6,9H2,1-4H3,(H,21,23,24)/t14-/m0/s1. The van der Waals surface area contributed by atoms with E-state index in [1.54, 1.807) is 20.8 Å². The van der Waals surface area contributed by atoms with Crippen molar-refractivity contribution < 1.29 is 23.9 Å². The van der Waals surface area contributed by atoms with Gasteiger partial charge < -0.3 is 9.47 Å². The molecular weight excluding hydrogens is 350 g/mol. The second-order valence-corrected chi connectivity index (χ2v) is 7.18. The average molecular weight is 373 g/mol. The minimum absolute atomic E-state index is 0.131. The van der Waals surface area contributed by atoms with Crippen LogP contribution in [0.3, 0.4) is 0 Å². The van der Waals surface area contributed by atoms with Gasteiger partial charge in [-0.25, -0.2) is 4.79 Å². The van der Waals surface area contributed by atoms with Crippen molar-refractivity contribution in [2.75, 3.05) is 13.7 Å². The summed E-state index contributed by atoms with van der Waals surface area (Å²) in [4.78, 5) is 38.7. The van der Waals surface area contributed by atoms with Crippen LogP contribution in [0.4, 0.5) is 4.79 Å². The zero-order valence-corrected chi connectivity index (χ0v) is 15.9. The lowest BCUT2D eigenvalue weighted by atomic mass is 10.1. The van der Waals surface area contributed by atoms with Crippen LogP contribution in [0.25, 0.3) is 0 Å². The number of likely N-dealkylation sites (tertiary alicyclic amines) is 1. The van der Waals surface area contributed by atoms with Gasteiger partial charge >= 0.3 is 6.09 Å². The number of nitrogens with one attached hydrogen (secondary N) is 1. The maximum Gasteiger partial charge on any atom is 0.410 e. The lowest BCUT2D eigenvalue weighted by Crippen LogP contribution is -2.48. The van der Waals surface area contributed by atoms with Crippen LogP contribution in [0.15, 0.2) is 18.2 Å². The Morgan fingerprint density at radius 2 is 2.00 bits per heavy atom. The Kier molecular flexibility index (Phi) is 6.05. The van der Waals surface area contributed by atoms with Crippen LogP contribution in [0.5, 0.6) is 5.75 Å². The van der Waals surface area contributed by atoms with Gasteiger partial charge in [0.1, 0.15) is 17.4 Å². The number of hydrogen-bond donors (Lipinski definition) is 1. The molecule has 27 heavy (non-hydrogen) atoms. The van der Waals surface area contributed by atoms with Crippen LogP contribution in [-0.4, -0.2) is 48.1 Å². The molecule has 1 aromatic carbocycles. The lowest BCUT2D eigenvalue weighted by molar-refractivity contribution is -0.124. The summed E-state index contributed by atoms with van der Waals surface area (Å²) < 4.78 is 10.4. The number of methoxy groups -OCH3 is 1. The van der Waals surface area contributed by atoms with E-state index in [2.05, 4.69) is 5.32 Å². The van der Waals surface area contributed by atoms with E-state index in [4.69, 9.17) is 14.7 Å². The van der Waals surface area contributed by atoms with Gasteiger partial charge in [-0.1, -0.05) is 0 Å². The van der Waals surface area contributed by atoms with E-state index in [1.165, 1.54) is 30.2 Å². The molecule has 1 aliphatic heterocycles. The molecule has 0 unspecified atom stereocenters. The first-order chi connectivity index (χ1) is 12.7. The van der Waals surface area contributed by atoms with Gasteiger partial charge in [-0.2, -0.15) is 5.26 Å². The highest BCUT2D eigenvalue weighted by Gasteiger charge is 2.37. The molecule has 0 aliphatic carbocycles. The van der Waals surface area contributed by atoms with E-state index in [9.17, 15) is 14.4 Å². The number of ether oxygens (including phenoxy) is 2. The lowest BCUT2D eigenvalue weighted by Gasteiger charge is -2.27. The number of nitrogens with zero attached hydrogens (tertiary/aromatic N) is 2.